The molecule has 0 fully saturated rings. The van der Waals surface area contributed by atoms with Crippen LogP contribution < -0.4 is 16.0 Å². The molecule has 4 rings (SSSR count). The number of hydrogen-bond acceptors (Lipinski definition) is 5. The molecule has 29 heavy (non-hydrogen) atoms. The summed E-state index contributed by atoms with van der Waals surface area (Å²) in [7, 11) is 0. The number of nitrogens with one attached hydrogen (secondary N) is 2. The van der Waals surface area contributed by atoms with Gasteiger partial charge < -0.3 is 11.1 Å². The molecule has 0 saturated carbocycles. The third-order valence-electron chi connectivity index (χ3n) is 4.40. The number of fused-ring (bicyclic) bond motifs is 1. The highest BCUT2D eigenvalue weighted by atomic mass is 19.4. The van der Waals surface area contributed by atoms with Crippen LogP contribution in [0.15, 0.2) is 59.4 Å². The number of anilines is 3. The van der Waals surface area contributed by atoms with Gasteiger partial charge in [0.1, 0.15) is 11.9 Å². The van der Waals surface area contributed by atoms with E-state index in [4.69, 9.17) is 5.73 Å². The van der Waals surface area contributed by atoms with Crippen molar-refractivity contribution in [3.8, 4) is 0 Å². The number of benzene rings is 1. The van der Waals surface area contributed by atoms with Crippen molar-refractivity contribution in [3.05, 3.63) is 71.6 Å². The Morgan fingerprint density at radius 1 is 1.07 bits per heavy atom. The SMILES string of the molecule is CC1=C(c2nc(N)c(F)c(Nc3ccc(C(F)(F)F)cc3)n2)[NH+]2C=CC=CC2=N1. The lowest BCUT2D eigenvalue weighted by atomic mass is 10.2. The van der Waals surface area contributed by atoms with Crippen molar-refractivity contribution in [3.63, 3.8) is 0 Å². The topological polar surface area (TPSA) is 80.6 Å². The van der Waals surface area contributed by atoms with Crippen LogP contribution in [0.5, 0.6) is 0 Å². The molecule has 0 bridgehead atoms. The number of nitrogen functional groups attached to an aromatic ring is 1. The molecule has 0 radical (unpaired) electrons. The second-order valence-corrected chi connectivity index (χ2v) is 6.38. The first-order valence-electron chi connectivity index (χ1n) is 8.53. The van der Waals surface area contributed by atoms with E-state index in [1.807, 2.05) is 24.4 Å². The molecule has 0 amide bonds. The maximum Gasteiger partial charge on any atom is 0.416 e. The van der Waals surface area contributed by atoms with Crippen LogP contribution in [-0.2, 0) is 6.18 Å². The van der Waals surface area contributed by atoms with Crippen LogP contribution in [0.25, 0.3) is 5.70 Å². The lowest BCUT2D eigenvalue weighted by Crippen LogP contribution is -3.06. The van der Waals surface area contributed by atoms with Crippen LogP contribution in [0.3, 0.4) is 0 Å². The molecule has 4 N–H and O–H groups in total. The largest absolute Gasteiger partial charge is 0.416 e. The Kier molecular flexibility index (Phi) is 4.42. The molecule has 0 saturated heterocycles. The summed E-state index contributed by atoms with van der Waals surface area (Å²) in [6.45, 7) is 1.78. The number of amidine groups is 1. The van der Waals surface area contributed by atoms with Crippen LogP contribution in [0.4, 0.5) is 34.9 Å². The van der Waals surface area contributed by atoms with Gasteiger partial charge in [-0.3, -0.25) is 0 Å². The van der Waals surface area contributed by atoms with Gasteiger partial charge in [-0.05, 0) is 43.3 Å². The summed E-state index contributed by atoms with van der Waals surface area (Å²) >= 11 is 0. The zero-order chi connectivity index (χ0) is 20.8. The maximum atomic E-state index is 14.5. The average Bonchev–Trinajstić information content (AvgIpc) is 3.00. The van der Waals surface area contributed by atoms with Gasteiger partial charge in [-0.1, -0.05) is 0 Å². The number of nitrogens with two attached hydrogens (primary N) is 1. The number of aliphatic imine (C=N–C) groups is 1. The molecule has 0 aliphatic carbocycles. The summed E-state index contributed by atoms with van der Waals surface area (Å²) in [6.07, 6.45) is 2.90. The number of halogens is 4. The number of aromatic nitrogens is 2. The van der Waals surface area contributed by atoms with E-state index in [2.05, 4.69) is 20.3 Å². The van der Waals surface area contributed by atoms with E-state index in [0.29, 0.717) is 11.4 Å². The molecular weight excluding hydrogens is 388 g/mol. The lowest BCUT2D eigenvalue weighted by molar-refractivity contribution is -0.655. The molecule has 148 valence electrons. The van der Waals surface area contributed by atoms with Crippen molar-refractivity contribution in [2.75, 3.05) is 11.1 Å². The van der Waals surface area contributed by atoms with Gasteiger partial charge in [0.05, 0.1) is 5.56 Å². The third kappa shape index (κ3) is 3.49. The first-order chi connectivity index (χ1) is 13.7. The number of allylic oxidation sites excluding steroid dienone is 3. The van der Waals surface area contributed by atoms with Gasteiger partial charge in [-0.2, -0.15) is 22.6 Å². The summed E-state index contributed by atoms with van der Waals surface area (Å²) in [5.41, 5.74) is 6.40. The minimum atomic E-state index is -4.46. The van der Waals surface area contributed by atoms with Crippen molar-refractivity contribution in [1.29, 1.82) is 0 Å². The van der Waals surface area contributed by atoms with Gasteiger partial charge in [-0.25, -0.2) is 14.9 Å². The molecule has 1 unspecified atom stereocenters. The molecular formula is C19H15F4N6+. The molecule has 6 nitrogen and oxygen atoms in total. The fourth-order valence-corrected chi connectivity index (χ4v) is 3.03. The van der Waals surface area contributed by atoms with E-state index in [1.165, 1.54) is 12.1 Å². The average molecular weight is 403 g/mol. The van der Waals surface area contributed by atoms with Crippen LogP contribution in [0.1, 0.15) is 18.3 Å². The van der Waals surface area contributed by atoms with E-state index >= 15 is 0 Å². The number of hydrogen-bond donors (Lipinski definition) is 3. The Bertz CT molecular complexity index is 1100. The molecule has 10 heteroatoms. The summed E-state index contributed by atoms with van der Waals surface area (Å²) in [4.78, 5) is 13.5. The quantitative estimate of drug-likeness (QED) is 0.689. The van der Waals surface area contributed by atoms with E-state index in [1.54, 1.807) is 6.92 Å². The third-order valence-corrected chi connectivity index (χ3v) is 4.40. The Hall–Kier alpha value is -3.53. The Balaban J connectivity index is 1.68. The molecule has 1 aromatic heterocycles. The van der Waals surface area contributed by atoms with Crippen LogP contribution in [0, 0.1) is 5.82 Å². The summed E-state index contributed by atoms with van der Waals surface area (Å²) in [5.74, 6) is -0.602. The molecule has 0 spiro atoms. The van der Waals surface area contributed by atoms with Crippen molar-refractivity contribution in [2.45, 2.75) is 13.1 Å². The molecule has 2 aliphatic rings. The van der Waals surface area contributed by atoms with Crippen LogP contribution in [-0.4, -0.2) is 15.8 Å². The smallest absolute Gasteiger partial charge is 0.381 e. The summed E-state index contributed by atoms with van der Waals surface area (Å²) < 4.78 is 52.6. The van der Waals surface area contributed by atoms with E-state index in [0.717, 1.165) is 22.9 Å². The minimum absolute atomic E-state index is 0.171. The van der Waals surface area contributed by atoms with Crippen LogP contribution in [0.2, 0.25) is 0 Å². The number of rotatable bonds is 3. The zero-order valence-electron chi connectivity index (χ0n) is 15.0. The number of quaternary nitrogens is 1. The van der Waals surface area contributed by atoms with Gasteiger partial charge in [0, 0.05) is 11.8 Å². The first-order valence-corrected chi connectivity index (χ1v) is 8.53. The predicted molar refractivity (Wildman–Crippen MR) is 100 cm³/mol. The monoisotopic (exact) mass is 403 g/mol. The van der Waals surface area contributed by atoms with Crippen molar-refractivity contribution >= 4 is 28.9 Å². The van der Waals surface area contributed by atoms with Gasteiger partial charge in [0.15, 0.2) is 11.6 Å². The summed E-state index contributed by atoms with van der Waals surface area (Å²) in [5, 5.41) is 2.67. The van der Waals surface area contributed by atoms with Crippen molar-refractivity contribution in [2.24, 2.45) is 4.99 Å². The van der Waals surface area contributed by atoms with Gasteiger partial charge in [0.25, 0.3) is 0 Å². The highest BCUT2D eigenvalue weighted by Crippen LogP contribution is 2.31. The number of alkyl halides is 3. The number of nitrogens with zero attached hydrogens (tertiary/aromatic N) is 3. The minimum Gasteiger partial charge on any atom is -0.381 e. The van der Waals surface area contributed by atoms with Gasteiger partial charge >= 0.3 is 6.18 Å². The fraction of sp³-hybridized carbons (Fsp3) is 0.105. The Labute approximate surface area is 162 Å². The highest BCUT2D eigenvalue weighted by Gasteiger charge is 2.33. The molecule has 2 aliphatic heterocycles. The fourth-order valence-electron chi connectivity index (χ4n) is 3.03. The van der Waals surface area contributed by atoms with Crippen molar-refractivity contribution in [1.82, 2.24) is 9.97 Å². The maximum absolute atomic E-state index is 14.5. The normalized spacial score (nSPS) is 18.1. The second kappa shape index (κ2) is 6.82. The van der Waals surface area contributed by atoms with Crippen molar-refractivity contribution < 1.29 is 22.5 Å². The molecule has 1 aromatic carbocycles. The highest BCUT2D eigenvalue weighted by molar-refractivity contribution is 5.94. The lowest BCUT2D eigenvalue weighted by Gasteiger charge is -2.15. The van der Waals surface area contributed by atoms with E-state index < -0.39 is 17.6 Å². The van der Waals surface area contributed by atoms with Gasteiger partial charge in [-0.15, -0.1) is 0 Å². The Morgan fingerprint density at radius 2 is 1.79 bits per heavy atom. The molecule has 3 heterocycles. The molecule has 1 atom stereocenters. The molecule has 2 aromatic rings. The van der Waals surface area contributed by atoms with E-state index in [-0.39, 0.29) is 23.1 Å². The van der Waals surface area contributed by atoms with E-state index in [9.17, 15) is 17.6 Å². The Morgan fingerprint density at radius 3 is 2.48 bits per heavy atom. The first kappa shape index (κ1) is 18.8. The summed E-state index contributed by atoms with van der Waals surface area (Å²) in [6, 6.07) is 4.16. The second-order valence-electron chi connectivity index (χ2n) is 6.38. The standard InChI is InChI=1S/C19H14F4N6/c1-10-15(29-9-3-2-4-13(29)25-10)18-27-16(24)14(20)17(28-18)26-12-7-5-11(6-8-12)19(21,22)23/h2-9H,1H3,(H3,24,26,27,28)/p+1. The zero-order valence-corrected chi connectivity index (χ0v) is 15.0. The predicted octanol–water partition coefficient (Wildman–Crippen LogP) is 3.03. The van der Waals surface area contributed by atoms with Gasteiger partial charge in [0.2, 0.25) is 23.2 Å². The van der Waals surface area contributed by atoms with Crippen LogP contribution >= 0.6 is 0 Å².